The molecule has 2 fully saturated rings. The average molecular weight is 853 g/mol. The van der Waals surface area contributed by atoms with E-state index in [9.17, 15) is 49.5 Å². The number of amides is 1. The van der Waals surface area contributed by atoms with Crippen molar-refractivity contribution in [2.75, 3.05) is 26.2 Å². The van der Waals surface area contributed by atoms with Crippen LogP contribution in [0.1, 0.15) is 94.2 Å². The second-order valence-corrected chi connectivity index (χ2v) is 16.7. The van der Waals surface area contributed by atoms with Crippen molar-refractivity contribution in [2.45, 2.75) is 109 Å². The van der Waals surface area contributed by atoms with E-state index in [2.05, 4.69) is 49.7 Å². The van der Waals surface area contributed by atoms with Crippen LogP contribution >= 0.6 is 11.6 Å². The largest absolute Gasteiger partial charge is 0.458 e. The predicted octanol–water partition coefficient (Wildman–Crippen LogP) is 7.84. The first-order valence-corrected chi connectivity index (χ1v) is 18.6. The van der Waals surface area contributed by atoms with E-state index in [1.807, 2.05) is 29.4 Å². The van der Waals surface area contributed by atoms with Crippen molar-refractivity contribution in [3.63, 3.8) is 0 Å². The van der Waals surface area contributed by atoms with E-state index in [-0.39, 0.29) is 17.0 Å². The molecule has 3 aliphatic heterocycles. The molecule has 58 heavy (non-hydrogen) atoms. The smallest absolute Gasteiger partial charge is 0.358 e. The Labute approximate surface area is 333 Å². The molecule has 0 bridgehead atoms. The summed E-state index contributed by atoms with van der Waals surface area (Å²) in [4.78, 5) is 42.4. The van der Waals surface area contributed by atoms with Crippen molar-refractivity contribution in [1.82, 2.24) is 29.5 Å². The molecule has 318 valence electrons. The van der Waals surface area contributed by atoms with E-state index >= 15 is 4.39 Å². The standard InChI is InChI=1S/C34H42ClF3N6O2.C4F6O2/c1-19-25(35)16-23-29(40-19)34(46-30(23)33(6,7)44-18-39-41-20(44)2)11-14-42(15-12-34)31(45)22-10-13-43(32(3,4)5)17-24(22)21-8-9-26(36)28(38)27(21)37;5-3(6,7)1(11)2(12)4(8,9)10/h8-9,16,18,22,24,30H,10-15,17H2,1-7H3;/t22?,24-,30?;/m0./s1. The maximum Gasteiger partial charge on any atom is 0.458 e. The lowest BCUT2D eigenvalue weighted by atomic mass is 9.77. The lowest BCUT2D eigenvalue weighted by Gasteiger charge is -2.47. The highest BCUT2D eigenvalue weighted by Gasteiger charge is 2.55. The first-order valence-electron chi connectivity index (χ1n) is 18.2. The third-order valence-electron chi connectivity index (χ3n) is 11.2. The van der Waals surface area contributed by atoms with Gasteiger partial charge in [0.15, 0.2) is 17.5 Å². The molecule has 0 N–H and O–H groups in total. The molecule has 0 radical (unpaired) electrons. The number of hydrogen-bond acceptors (Lipinski definition) is 8. The van der Waals surface area contributed by atoms with Gasteiger partial charge in [0, 0.05) is 42.6 Å². The van der Waals surface area contributed by atoms with Crippen molar-refractivity contribution in [2.24, 2.45) is 5.92 Å². The lowest BCUT2D eigenvalue weighted by Crippen LogP contribution is -2.54. The molecule has 10 nitrogen and oxygen atoms in total. The zero-order valence-corrected chi connectivity index (χ0v) is 33.3. The minimum Gasteiger partial charge on any atom is -0.358 e. The van der Waals surface area contributed by atoms with Crippen LogP contribution in [-0.2, 0) is 30.3 Å². The highest BCUT2D eigenvalue weighted by Crippen LogP contribution is 2.54. The van der Waals surface area contributed by atoms with Crippen LogP contribution in [0.2, 0.25) is 5.02 Å². The Balaban J connectivity index is 0.000000464. The quantitative estimate of drug-likeness (QED) is 0.145. The number of carbonyl (C=O) groups excluding carboxylic acids is 3. The third-order valence-corrected chi connectivity index (χ3v) is 11.5. The zero-order chi connectivity index (χ0) is 43.5. The van der Waals surface area contributed by atoms with E-state index in [1.165, 1.54) is 6.07 Å². The van der Waals surface area contributed by atoms with Gasteiger partial charge in [-0.15, -0.1) is 10.2 Å². The van der Waals surface area contributed by atoms with Crippen LogP contribution in [0.25, 0.3) is 0 Å². The Morgan fingerprint density at radius 1 is 0.862 bits per heavy atom. The fourth-order valence-corrected chi connectivity index (χ4v) is 8.11. The molecule has 2 unspecified atom stereocenters. The molecule has 5 heterocycles. The summed E-state index contributed by atoms with van der Waals surface area (Å²) < 4.78 is 120. The van der Waals surface area contributed by atoms with Gasteiger partial charge < -0.3 is 14.2 Å². The topological polar surface area (TPSA) is 111 Å². The minimum atomic E-state index is -5.77. The SMILES string of the molecule is Cc1nc2c(cc1Cl)C(C(C)(C)n1cnnc1C)OC21CCN(C(=O)C2CCN(C(C)(C)C)C[C@H]2c2ccc(F)c(F)c2F)CC1.O=C(C(=O)C(F)(F)F)C(F)(F)F. The van der Waals surface area contributed by atoms with Crippen molar-refractivity contribution in [1.29, 1.82) is 0 Å². The van der Waals surface area contributed by atoms with Gasteiger partial charge in [0.2, 0.25) is 5.91 Å². The van der Waals surface area contributed by atoms with Crippen LogP contribution in [0.15, 0.2) is 24.5 Å². The van der Waals surface area contributed by atoms with Crippen LogP contribution in [0.4, 0.5) is 39.5 Å². The summed E-state index contributed by atoms with van der Waals surface area (Å²) in [6, 6.07) is 4.19. The fraction of sp³-hybridized carbons (Fsp3) is 0.579. The van der Waals surface area contributed by atoms with E-state index in [1.54, 1.807) is 6.33 Å². The van der Waals surface area contributed by atoms with Crippen LogP contribution in [-0.4, -0.2) is 91.1 Å². The molecule has 6 rings (SSSR count). The Hall–Kier alpha value is -4.10. The van der Waals surface area contributed by atoms with Crippen LogP contribution in [0.5, 0.6) is 0 Å². The van der Waals surface area contributed by atoms with Gasteiger partial charge in [0.25, 0.3) is 0 Å². The summed E-state index contributed by atoms with van der Waals surface area (Å²) in [6.45, 7) is 15.9. The third kappa shape index (κ3) is 8.62. The maximum absolute atomic E-state index is 15.2. The first-order chi connectivity index (χ1) is 26.6. The maximum atomic E-state index is 15.2. The molecule has 3 atom stereocenters. The molecule has 1 amide bonds. The molecule has 1 aromatic carbocycles. The number of aromatic nitrogens is 4. The molecule has 0 saturated carbocycles. The summed E-state index contributed by atoms with van der Waals surface area (Å²) in [5.41, 5.74) is 0.966. The summed E-state index contributed by atoms with van der Waals surface area (Å²) in [5.74, 6) is -11.3. The van der Waals surface area contributed by atoms with Crippen LogP contribution < -0.4 is 0 Å². The van der Waals surface area contributed by atoms with Gasteiger partial charge >= 0.3 is 23.9 Å². The lowest BCUT2D eigenvalue weighted by molar-refractivity contribution is -0.193. The number of piperidine rings is 2. The monoisotopic (exact) mass is 852 g/mol. The van der Waals surface area contributed by atoms with Crippen LogP contribution in [0.3, 0.4) is 0 Å². The van der Waals surface area contributed by atoms with E-state index in [4.69, 9.17) is 21.3 Å². The molecule has 0 aliphatic carbocycles. The van der Waals surface area contributed by atoms with E-state index in [0.29, 0.717) is 56.2 Å². The summed E-state index contributed by atoms with van der Waals surface area (Å²) in [7, 11) is 0. The number of Topliss-reactive ketones (excluding diaryl/α,β-unsaturated/α-hetero) is 2. The Morgan fingerprint density at radius 2 is 1.45 bits per heavy atom. The van der Waals surface area contributed by atoms with Crippen molar-refractivity contribution < 1.29 is 58.6 Å². The van der Waals surface area contributed by atoms with Crippen molar-refractivity contribution in [3.8, 4) is 0 Å². The molecule has 2 aromatic heterocycles. The first kappa shape index (κ1) is 45.0. The summed E-state index contributed by atoms with van der Waals surface area (Å²) in [6.07, 6.45) is -8.73. The number of likely N-dealkylation sites (tertiary alicyclic amines) is 2. The average Bonchev–Trinajstić information content (AvgIpc) is 3.71. The number of carbonyl (C=O) groups is 3. The van der Waals surface area contributed by atoms with E-state index < -0.39 is 70.5 Å². The number of rotatable bonds is 5. The molecular formula is C38H42ClF9N6O4. The normalized spacial score (nSPS) is 21.4. The number of hydrogen-bond donors (Lipinski definition) is 0. The number of ketones is 2. The van der Waals surface area contributed by atoms with Gasteiger partial charge in [0.05, 0.1) is 21.9 Å². The highest BCUT2D eigenvalue weighted by atomic mass is 35.5. The van der Waals surface area contributed by atoms with E-state index in [0.717, 1.165) is 23.1 Å². The number of nitrogens with zero attached hydrogens (tertiary/aromatic N) is 6. The number of pyridine rings is 1. The van der Waals surface area contributed by atoms with Gasteiger partial charge in [-0.3, -0.25) is 24.3 Å². The van der Waals surface area contributed by atoms with Gasteiger partial charge in [-0.1, -0.05) is 17.7 Å². The fourth-order valence-electron chi connectivity index (χ4n) is 7.95. The molecular weight excluding hydrogens is 811 g/mol. The Morgan fingerprint density at radius 3 is 1.97 bits per heavy atom. The molecule has 1 spiro atoms. The highest BCUT2D eigenvalue weighted by molar-refractivity contribution is 6.41. The summed E-state index contributed by atoms with van der Waals surface area (Å²) >= 11 is 6.60. The number of fused-ring (bicyclic) bond motifs is 2. The number of halogens is 10. The number of aryl methyl sites for hydroxylation is 2. The Bertz CT molecular complexity index is 2050. The minimum absolute atomic E-state index is 0.0404. The summed E-state index contributed by atoms with van der Waals surface area (Å²) in [5, 5.41) is 8.84. The number of benzene rings is 1. The van der Waals surface area contributed by atoms with Gasteiger partial charge in [-0.2, -0.15) is 26.3 Å². The number of ether oxygens (including phenoxy) is 1. The van der Waals surface area contributed by atoms with Gasteiger partial charge in [0.1, 0.15) is 23.9 Å². The second-order valence-electron chi connectivity index (χ2n) is 16.2. The molecule has 2 saturated heterocycles. The van der Waals surface area contributed by atoms with Gasteiger partial charge in [-0.25, -0.2) is 13.2 Å². The Kier molecular flexibility index (Phi) is 12.3. The molecule has 3 aliphatic rings. The zero-order valence-electron chi connectivity index (χ0n) is 32.6. The molecule has 20 heteroatoms. The predicted molar refractivity (Wildman–Crippen MR) is 190 cm³/mol. The second kappa shape index (κ2) is 15.8. The number of alkyl halides is 6. The van der Waals surface area contributed by atoms with Crippen molar-refractivity contribution in [3.05, 3.63) is 75.3 Å². The van der Waals surface area contributed by atoms with Gasteiger partial charge in [-0.05, 0) is 92.0 Å². The van der Waals surface area contributed by atoms with Crippen molar-refractivity contribution >= 4 is 29.1 Å². The van der Waals surface area contributed by atoms with Crippen LogP contribution in [0, 0.1) is 37.2 Å². The molecule has 3 aromatic rings.